The molecule has 1 unspecified atom stereocenters. The third kappa shape index (κ3) is 7.65. The maximum atomic E-state index is 12.8. The van der Waals surface area contributed by atoms with Crippen molar-refractivity contribution in [1.82, 2.24) is 0 Å². The van der Waals surface area contributed by atoms with E-state index in [2.05, 4.69) is 15.9 Å². The molecule has 108 valence electrons. The van der Waals surface area contributed by atoms with Gasteiger partial charge >= 0.3 is 0 Å². The summed E-state index contributed by atoms with van der Waals surface area (Å²) in [5.41, 5.74) is 1.17. The van der Waals surface area contributed by atoms with Crippen molar-refractivity contribution in [2.45, 2.75) is 19.3 Å². The average Bonchev–Trinajstić information content (AvgIpc) is 2.43. The van der Waals surface area contributed by atoms with Crippen LogP contribution in [0.1, 0.15) is 18.4 Å². The van der Waals surface area contributed by atoms with Crippen molar-refractivity contribution >= 4 is 15.9 Å². The second-order valence-corrected chi connectivity index (χ2v) is 5.25. The summed E-state index contributed by atoms with van der Waals surface area (Å²) in [4.78, 5) is 0. The molecule has 0 aliphatic carbocycles. The van der Waals surface area contributed by atoms with Gasteiger partial charge in [0, 0.05) is 32.3 Å². The van der Waals surface area contributed by atoms with Gasteiger partial charge in [0.25, 0.3) is 0 Å². The number of benzene rings is 1. The summed E-state index contributed by atoms with van der Waals surface area (Å²) in [5.74, 6) is 0.341. The van der Waals surface area contributed by atoms with Crippen molar-refractivity contribution < 1.29 is 13.9 Å². The Bertz CT molecular complexity index is 329. The second kappa shape index (κ2) is 10.4. The van der Waals surface area contributed by atoms with Gasteiger partial charge in [0.15, 0.2) is 0 Å². The first-order valence-electron chi connectivity index (χ1n) is 6.63. The first-order valence-corrected chi connectivity index (χ1v) is 7.75. The largest absolute Gasteiger partial charge is 0.385 e. The van der Waals surface area contributed by atoms with Crippen LogP contribution in [-0.4, -0.2) is 32.3 Å². The molecule has 0 aliphatic rings. The molecule has 1 rings (SSSR count). The third-order valence-corrected chi connectivity index (χ3v) is 3.88. The molecule has 2 nitrogen and oxygen atoms in total. The topological polar surface area (TPSA) is 18.5 Å². The van der Waals surface area contributed by atoms with E-state index in [0.29, 0.717) is 5.92 Å². The molecule has 0 spiro atoms. The van der Waals surface area contributed by atoms with E-state index in [0.717, 1.165) is 44.4 Å². The fourth-order valence-electron chi connectivity index (χ4n) is 1.84. The molecule has 0 aliphatic heterocycles. The van der Waals surface area contributed by atoms with Crippen LogP contribution >= 0.6 is 15.9 Å². The Balaban J connectivity index is 2.20. The maximum absolute atomic E-state index is 12.8. The van der Waals surface area contributed by atoms with Gasteiger partial charge in [-0.05, 0) is 42.9 Å². The van der Waals surface area contributed by atoms with Gasteiger partial charge in [0.05, 0.1) is 0 Å². The maximum Gasteiger partial charge on any atom is 0.123 e. The van der Waals surface area contributed by atoms with Crippen molar-refractivity contribution in [3.05, 3.63) is 35.6 Å². The molecular formula is C15H22BrFO2. The SMILES string of the molecule is COCCCOCCC(CBr)Cc1ccc(F)cc1. The average molecular weight is 333 g/mol. The van der Waals surface area contributed by atoms with Crippen LogP contribution in [0.25, 0.3) is 0 Å². The molecule has 0 saturated carbocycles. The van der Waals surface area contributed by atoms with E-state index in [-0.39, 0.29) is 5.82 Å². The van der Waals surface area contributed by atoms with E-state index in [4.69, 9.17) is 9.47 Å². The Morgan fingerprint density at radius 2 is 1.89 bits per heavy atom. The number of ether oxygens (including phenoxy) is 2. The van der Waals surface area contributed by atoms with Crippen molar-refractivity contribution in [2.24, 2.45) is 5.92 Å². The van der Waals surface area contributed by atoms with Gasteiger partial charge in [0.2, 0.25) is 0 Å². The third-order valence-electron chi connectivity index (χ3n) is 2.96. The predicted octanol–water partition coefficient (Wildman–Crippen LogP) is 3.82. The van der Waals surface area contributed by atoms with Crippen LogP contribution < -0.4 is 0 Å². The fraction of sp³-hybridized carbons (Fsp3) is 0.600. The Morgan fingerprint density at radius 3 is 2.53 bits per heavy atom. The van der Waals surface area contributed by atoms with E-state index in [1.54, 1.807) is 7.11 Å². The van der Waals surface area contributed by atoms with Crippen LogP contribution in [0, 0.1) is 11.7 Å². The van der Waals surface area contributed by atoms with Gasteiger partial charge in [0.1, 0.15) is 5.82 Å². The lowest BCUT2D eigenvalue weighted by Gasteiger charge is -2.14. The van der Waals surface area contributed by atoms with Crippen LogP contribution in [0.5, 0.6) is 0 Å². The zero-order valence-corrected chi connectivity index (χ0v) is 13.0. The molecule has 0 radical (unpaired) electrons. The lowest BCUT2D eigenvalue weighted by Crippen LogP contribution is -2.11. The summed E-state index contributed by atoms with van der Waals surface area (Å²) in [6.45, 7) is 2.26. The summed E-state index contributed by atoms with van der Waals surface area (Å²) in [5, 5.41) is 0.936. The van der Waals surface area contributed by atoms with E-state index in [9.17, 15) is 4.39 Å². The minimum Gasteiger partial charge on any atom is -0.385 e. The van der Waals surface area contributed by atoms with Gasteiger partial charge in [-0.25, -0.2) is 4.39 Å². The summed E-state index contributed by atoms with van der Waals surface area (Å²) in [6, 6.07) is 6.73. The lowest BCUT2D eigenvalue weighted by atomic mass is 9.98. The molecule has 0 N–H and O–H groups in total. The van der Waals surface area contributed by atoms with Gasteiger partial charge in [-0.3, -0.25) is 0 Å². The highest BCUT2D eigenvalue weighted by molar-refractivity contribution is 9.09. The van der Waals surface area contributed by atoms with E-state index in [1.165, 1.54) is 17.7 Å². The van der Waals surface area contributed by atoms with Crippen molar-refractivity contribution in [3.8, 4) is 0 Å². The van der Waals surface area contributed by atoms with Gasteiger partial charge in [-0.1, -0.05) is 28.1 Å². The van der Waals surface area contributed by atoms with Crippen molar-refractivity contribution in [1.29, 1.82) is 0 Å². The van der Waals surface area contributed by atoms with Crippen molar-refractivity contribution in [2.75, 3.05) is 32.3 Å². The summed E-state index contributed by atoms with van der Waals surface area (Å²) >= 11 is 3.53. The molecule has 1 atom stereocenters. The summed E-state index contributed by atoms with van der Waals surface area (Å²) in [7, 11) is 1.70. The monoisotopic (exact) mass is 332 g/mol. The van der Waals surface area contributed by atoms with E-state index < -0.39 is 0 Å². The highest BCUT2D eigenvalue weighted by atomic mass is 79.9. The highest BCUT2D eigenvalue weighted by Crippen LogP contribution is 2.15. The molecule has 0 aromatic heterocycles. The molecule has 1 aromatic carbocycles. The summed E-state index contributed by atoms with van der Waals surface area (Å²) in [6.07, 6.45) is 2.90. The fourth-order valence-corrected chi connectivity index (χ4v) is 2.40. The van der Waals surface area contributed by atoms with Gasteiger partial charge in [-0.2, -0.15) is 0 Å². The molecule has 0 heterocycles. The number of methoxy groups -OCH3 is 1. The molecule has 4 heteroatoms. The van der Waals surface area contributed by atoms with E-state index >= 15 is 0 Å². The Labute approximate surface area is 123 Å². The minimum atomic E-state index is -0.180. The Morgan fingerprint density at radius 1 is 1.16 bits per heavy atom. The van der Waals surface area contributed by atoms with Crippen molar-refractivity contribution in [3.63, 3.8) is 0 Å². The van der Waals surface area contributed by atoms with Gasteiger partial charge in [-0.15, -0.1) is 0 Å². The molecular weight excluding hydrogens is 311 g/mol. The molecule has 1 aromatic rings. The van der Waals surface area contributed by atoms with Gasteiger partial charge < -0.3 is 9.47 Å². The van der Waals surface area contributed by atoms with Crippen LogP contribution in [0.2, 0.25) is 0 Å². The lowest BCUT2D eigenvalue weighted by molar-refractivity contribution is 0.0953. The number of halogens is 2. The number of hydrogen-bond donors (Lipinski definition) is 0. The molecule has 19 heavy (non-hydrogen) atoms. The first-order chi connectivity index (χ1) is 9.26. The molecule has 0 fully saturated rings. The predicted molar refractivity (Wildman–Crippen MR) is 79.3 cm³/mol. The van der Waals surface area contributed by atoms with Crippen LogP contribution in [0.15, 0.2) is 24.3 Å². The second-order valence-electron chi connectivity index (χ2n) is 4.60. The quantitative estimate of drug-likeness (QED) is 0.479. The van der Waals surface area contributed by atoms with Crippen LogP contribution in [-0.2, 0) is 15.9 Å². The number of rotatable bonds is 10. The standard InChI is InChI=1S/C15H22BrFO2/c1-18-8-2-9-19-10-7-14(12-16)11-13-3-5-15(17)6-4-13/h3-6,14H,2,7-12H2,1H3. The minimum absolute atomic E-state index is 0.180. The highest BCUT2D eigenvalue weighted by Gasteiger charge is 2.08. The zero-order chi connectivity index (χ0) is 13.9. The summed E-state index contributed by atoms with van der Waals surface area (Å²) < 4.78 is 23.3. The molecule has 0 bridgehead atoms. The first kappa shape index (κ1) is 16.6. The smallest absolute Gasteiger partial charge is 0.123 e. The van der Waals surface area contributed by atoms with Crippen LogP contribution in [0.3, 0.4) is 0 Å². The zero-order valence-electron chi connectivity index (χ0n) is 11.4. The normalized spacial score (nSPS) is 12.6. The Hall–Kier alpha value is -0.450. The molecule has 0 amide bonds. The molecule has 0 saturated heterocycles. The van der Waals surface area contributed by atoms with Crippen LogP contribution in [0.4, 0.5) is 4.39 Å². The van der Waals surface area contributed by atoms with E-state index in [1.807, 2.05) is 12.1 Å². The number of hydrogen-bond acceptors (Lipinski definition) is 2. The Kier molecular flexibility index (Phi) is 9.05. The number of alkyl halides is 1.